The fourth-order valence-electron chi connectivity index (χ4n) is 3.54. The number of pyridine rings is 1. The second-order valence-electron chi connectivity index (χ2n) is 6.49. The fourth-order valence-corrected chi connectivity index (χ4v) is 3.54. The molecule has 0 bridgehead atoms. The average Bonchev–Trinajstić information content (AvgIpc) is 2.46. The molecule has 1 aliphatic rings. The highest BCUT2D eigenvalue weighted by atomic mass is 16.3. The minimum absolute atomic E-state index is 0.250. The molecule has 1 heterocycles. The first-order valence-electron chi connectivity index (χ1n) is 7.58. The zero-order chi connectivity index (χ0) is 14.7. The van der Waals surface area contributed by atoms with Gasteiger partial charge in [0, 0.05) is 0 Å². The van der Waals surface area contributed by atoms with Crippen LogP contribution in [0.25, 0.3) is 0 Å². The first-order valence-corrected chi connectivity index (χ1v) is 7.58. The van der Waals surface area contributed by atoms with E-state index in [0.717, 1.165) is 6.42 Å². The number of nitrogens with zero attached hydrogens (tertiary/aromatic N) is 2. The highest BCUT2D eigenvalue weighted by Crippen LogP contribution is 2.43. The summed E-state index contributed by atoms with van der Waals surface area (Å²) in [4.78, 5) is 4.27. The zero-order valence-electron chi connectivity index (χ0n) is 12.6. The van der Waals surface area contributed by atoms with E-state index in [1.165, 1.54) is 12.8 Å². The molecule has 20 heavy (non-hydrogen) atoms. The lowest BCUT2D eigenvalue weighted by Gasteiger charge is -2.39. The lowest BCUT2D eigenvalue weighted by atomic mass is 9.67. The molecule has 1 fully saturated rings. The number of aliphatic hydroxyl groups excluding tert-OH is 1. The van der Waals surface area contributed by atoms with Crippen molar-refractivity contribution in [3.63, 3.8) is 0 Å². The quantitative estimate of drug-likeness (QED) is 0.912. The predicted molar refractivity (Wildman–Crippen MR) is 78.7 cm³/mol. The lowest BCUT2D eigenvalue weighted by molar-refractivity contribution is 0.0121. The van der Waals surface area contributed by atoms with Crippen molar-refractivity contribution < 1.29 is 5.11 Å². The van der Waals surface area contributed by atoms with Crippen molar-refractivity contribution in [3.8, 4) is 6.07 Å². The molecule has 0 spiro atoms. The second kappa shape index (κ2) is 6.37. The van der Waals surface area contributed by atoms with Gasteiger partial charge in [0.05, 0.1) is 11.8 Å². The molecule has 0 aromatic carbocycles. The topological polar surface area (TPSA) is 56.9 Å². The largest absolute Gasteiger partial charge is 0.387 e. The Kier molecular flexibility index (Phi) is 4.77. The summed E-state index contributed by atoms with van der Waals surface area (Å²) in [6.45, 7) is 6.73. The summed E-state index contributed by atoms with van der Waals surface area (Å²) in [7, 11) is 0. The number of hydrogen-bond acceptors (Lipinski definition) is 3. The van der Waals surface area contributed by atoms with Gasteiger partial charge in [-0.05, 0) is 48.6 Å². The molecule has 3 heteroatoms. The van der Waals surface area contributed by atoms with Gasteiger partial charge in [-0.25, -0.2) is 4.98 Å². The minimum atomic E-state index is -0.557. The monoisotopic (exact) mass is 272 g/mol. The molecule has 3 nitrogen and oxygen atoms in total. The third-order valence-electron chi connectivity index (χ3n) is 4.67. The maximum atomic E-state index is 10.7. The Bertz CT molecular complexity index is 492. The van der Waals surface area contributed by atoms with Crippen LogP contribution in [0.5, 0.6) is 0 Å². The van der Waals surface area contributed by atoms with Crippen LogP contribution in [0.2, 0.25) is 0 Å². The van der Waals surface area contributed by atoms with E-state index in [1.54, 1.807) is 12.1 Å². The Morgan fingerprint density at radius 1 is 1.30 bits per heavy atom. The Balaban J connectivity index is 2.24. The maximum absolute atomic E-state index is 10.7. The predicted octanol–water partition coefficient (Wildman–Crippen LogP) is 3.70. The van der Waals surface area contributed by atoms with E-state index in [4.69, 9.17) is 5.26 Å². The van der Waals surface area contributed by atoms with Crippen LogP contribution in [0, 0.1) is 35.0 Å². The molecule has 0 amide bonds. The second-order valence-corrected chi connectivity index (χ2v) is 6.49. The van der Waals surface area contributed by atoms with E-state index in [-0.39, 0.29) is 5.92 Å². The molecule has 1 saturated carbocycles. The molecule has 1 aromatic heterocycles. The van der Waals surface area contributed by atoms with Crippen molar-refractivity contribution in [2.75, 3.05) is 0 Å². The molecule has 2 rings (SSSR count). The molecule has 1 N–H and O–H groups in total. The minimum Gasteiger partial charge on any atom is -0.387 e. The van der Waals surface area contributed by atoms with Crippen molar-refractivity contribution in [1.82, 2.24) is 4.98 Å². The van der Waals surface area contributed by atoms with Gasteiger partial charge < -0.3 is 5.11 Å². The number of aliphatic hydroxyl groups is 1. The van der Waals surface area contributed by atoms with Crippen molar-refractivity contribution in [3.05, 3.63) is 29.6 Å². The maximum Gasteiger partial charge on any atom is 0.140 e. The van der Waals surface area contributed by atoms with Crippen LogP contribution in [-0.4, -0.2) is 10.1 Å². The standard InChI is InChI=1S/C17H24N2O/c1-11(2)14-8-7-12(3)9-15(14)17(20)16-6-4-5-13(10-18)19-16/h4-6,11-12,14-15,17,20H,7-9H2,1-3H3/t12-,14+,15+,17-/m1/s1. The van der Waals surface area contributed by atoms with Gasteiger partial charge in [-0.1, -0.05) is 33.3 Å². The highest BCUT2D eigenvalue weighted by molar-refractivity contribution is 5.23. The number of aromatic nitrogens is 1. The normalized spacial score (nSPS) is 28.1. The number of hydrogen-bond donors (Lipinski definition) is 1. The first kappa shape index (κ1) is 15.0. The highest BCUT2D eigenvalue weighted by Gasteiger charge is 2.36. The Hall–Kier alpha value is -1.40. The van der Waals surface area contributed by atoms with E-state index < -0.39 is 6.10 Å². The Morgan fingerprint density at radius 2 is 2.05 bits per heavy atom. The molecule has 4 atom stereocenters. The molecule has 0 saturated heterocycles. The molecular weight excluding hydrogens is 248 g/mol. The fraction of sp³-hybridized carbons (Fsp3) is 0.647. The summed E-state index contributed by atoms with van der Waals surface area (Å²) in [6.07, 6.45) is 2.91. The number of nitriles is 1. The third kappa shape index (κ3) is 3.19. The van der Waals surface area contributed by atoms with E-state index in [1.807, 2.05) is 12.1 Å². The smallest absolute Gasteiger partial charge is 0.140 e. The van der Waals surface area contributed by atoms with E-state index in [2.05, 4.69) is 25.8 Å². The molecular formula is C17H24N2O. The van der Waals surface area contributed by atoms with Gasteiger partial charge in [0.1, 0.15) is 11.8 Å². The number of rotatable bonds is 3. The van der Waals surface area contributed by atoms with E-state index in [9.17, 15) is 5.11 Å². The molecule has 0 unspecified atom stereocenters. The van der Waals surface area contributed by atoms with Crippen molar-refractivity contribution in [2.45, 2.75) is 46.1 Å². The van der Waals surface area contributed by atoms with Gasteiger partial charge >= 0.3 is 0 Å². The van der Waals surface area contributed by atoms with Crippen LogP contribution in [0.4, 0.5) is 0 Å². The molecule has 1 aromatic rings. The van der Waals surface area contributed by atoms with Crippen LogP contribution in [0.3, 0.4) is 0 Å². The van der Waals surface area contributed by atoms with Crippen molar-refractivity contribution in [2.24, 2.45) is 23.7 Å². The van der Waals surface area contributed by atoms with Gasteiger partial charge in [0.15, 0.2) is 0 Å². The van der Waals surface area contributed by atoms with Crippen LogP contribution in [0.15, 0.2) is 18.2 Å². The summed E-state index contributed by atoms with van der Waals surface area (Å²) in [5.41, 5.74) is 1.03. The summed E-state index contributed by atoms with van der Waals surface area (Å²) in [5, 5.41) is 19.7. The van der Waals surface area contributed by atoms with E-state index in [0.29, 0.717) is 29.1 Å². The molecule has 108 valence electrons. The third-order valence-corrected chi connectivity index (χ3v) is 4.67. The lowest BCUT2D eigenvalue weighted by Crippen LogP contribution is -2.32. The summed E-state index contributed by atoms with van der Waals surface area (Å²) >= 11 is 0. The van der Waals surface area contributed by atoms with E-state index >= 15 is 0 Å². The first-order chi connectivity index (χ1) is 9.52. The average molecular weight is 272 g/mol. The summed E-state index contributed by atoms with van der Waals surface area (Å²) < 4.78 is 0. The van der Waals surface area contributed by atoms with Crippen LogP contribution in [-0.2, 0) is 0 Å². The summed E-state index contributed by atoms with van der Waals surface area (Å²) in [5.74, 6) is 2.01. The molecule has 0 radical (unpaired) electrons. The van der Waals surface area contributed by atoms with Gasteiger partial charge in [0.2, 0.25) is 0 Å². The van der Waals surface area contributed by atoms with Gasteiger partial charge in [0.25, 0.3) is 0 Å². The summed E-state index contributed by atoms with van der Waals surface area (Å²) in [6, 6.07) is 7.37. The van der Waals surface area contributed by atoms with Crippen molar-refractivity contribution >= 4 is 0 Å². The van der Waals surface area contributed by atoms with Crippen LogP contribution in [0.1, 0.15) is 57.5 Å². The van der Waals surface area contributed by atoms with Gasteiger partial charge in [-0.2, -0.15) is 5.26 Å². The Morgan fingerprint density at radius 3 is 2.70 bits per heavy atom. The SMILES string of the molecule is CC(C)[C@@H]1CC[C@@H](C)C[C@@H]1[C@@H](O)c1cccc(C#N)n1. The van der Waals surface area contributed by atoms with Gasteiger partial charge in [-0.15, -0.1) is 0 Å². The van der Waals surface area contributed by atoms with Gasteiger partial charge in [-0.3, -0.25) is 0 Å². The molecule has 0 aliphatic heterocycles. The zero-order valence-corrected chi connectivity index (χ0v) is 12.6. The molecule has 1 aliphatic carbocycles. The van der Waals surface area contributed by atoms with Crippen molar-refractivity contribution in [1.29, 1.82) is 5.26 Å². The van der Waals surface area contributed by atoms with Crippen LogP contribution >= 0.6 is 0 Å². The van der Waals surface area contributed by atoms with Crippen LogP contribution < -0.4 is 0 Å². The Labute approximate surface area is 121 Å².